The topological polar surface area (TPSA) is 64.7 Å². The molecule has 1 aromatic rings. The summed E-state index contributed by atoms with van der Waals surface area (Å²) in [6.45, 7) is 2.70. The third kappa shape index (κ3) is 3.78. The molecular formula is C14H21NO3S. The Morgan fingerprint density at radius 1 is 1.47 bits per heavy atom. The number of nitrogens with two attached hydrogens (primary N) is 1. The van der Waals surface area contributed by atoms with Gasteiger partial charge in [-0.1, -0.05) is 13.3 Å². The Morgan fingerprint density at radius 2 is 2.32 bits per heavy atom. The Balaban J connectivity index is 1.99. The van der Waals surface area contributed by atoms with E-state index in [4.69, 9.17) is 15.2 Å². The van der Waals surface area contributed by atoms with E-state index in [0.717, 1.165) is 11.5 Å². The van der Waals surface area contributed by atoms with E-state index in [0.29, 0.717) is 12.4 Å². The van der Waals surface area contributed by atoms with Gasteiger partial charge in [-0.2, -0.15) is 0 Å². The Bertz CT molecular complexity index is 414. The number of rotatable bonds is 6. The second-order valence-corrected chi connectivity index (χ2v) is 5.75. The summed E-state index contributed by atoms with van der Waals surface area (Å²) in [5.74, 6) is 2.55. The van der Waals surface area contributed by atoms with Crippen LogP contribution in [0.2, 0.25) is 0 Å². The van der Waals surface area contributed by atoms with Crippen molar-refractivity contribution in [3.63, 3.8) is 0 Å². The molecule has 1 heterocycles. The van der Waals surface area contributed by atoms with Gasteiger partial charge in [0.25, 0.3) is 0 Å². The van der Waals surface area contributed by atoms with Gasteiger partial charge in [0.2, 0.25) is 0 Å². The zero-order chi connectivity index (χ0) is 13.7. The lowest BCUT2D eigenvalue weighted by Gasteiger charge is -2.29. The van der Waals surface area contributed by atoms with E-state index in [-0.39, 0.29) is 12.6 Å². The van der Waals surface area contributed by atoms with Crippen molar-refractivity contribution >= 4 is 11.8 Å². The summed E-state index contributed by atoms with van der Waals surface area (Å²) >= 11 is 1.82. The quantitative estimate of drug-likeness (QED) is 0.618. The van der Waals surface area contributed by atoms with E-state index in [1.165, 1.54) is 17.7 Å². The number of benzene rings is 1. The SMILES string of the molecule is CCCCSc1ccc2c(c1)OCC(C(O)CN)O2. The molecule has 4 nitrogen and oxygen atoms in total. The molecule has 0 radical (unpaired) electrons. The number of thioether (sulfide) groups is 1. The fourth-order valence-electron chi connectivity index (χ4n) is 1.83. The molecule has 0 aliphatic carbocycles. The maximum absolute atomic E-state index is 9.67. The molecule has 1 aromatic carbocycles. The minimum absolute atomic E-state index is 0.175. The molecule has 0 saturated heterocycles. The zero-order valence-electron chi connectivity index (χ0n) is 11.2. The number of aliphatic hydroxyl groups is 1. The van der Waals surface area contributed by atoms with Crippen LogP contribution >= 0.6 is 11.8 Å². The van der Waals surface area contributed by atoms with Gasteiger partial charge in [0.05, 0.1) is 0 Å². The van der Waals surface area contributed by atoms with Crippen LogP contribution in [0.25, 0.3) is 0 Å². The Labute approximate surface area is 118 Å². The van der Waals surface area contributed by atoms with Gasteiger partial charge in [0, 0.05) is 11.4 Å². The second kappa shape index (κ2) is 7.03. The largest absolute Gasteiger partial charge is 0.486 e. The predicted octanol–water partition coefficient (Wildman–Crippen LogP) is 2.04. The number of ether oxygens (including phenoxy) is 2. The third-order valence-corrected chi connectivity index (χ3v) is 4.11. The normalized spacial score (nSPS) is 19.2. The number of hydrogen-bond donors (Lipinski definition) is 2. The van der Waals surface area contributed by atoms with Crippen LogP contribution in [0.15, 0.2) is 23.1 Å². The summed E-state index contributed by atoms with van der Waals surface area (Å²) in [4.78, 5) is 1.19. The van der Waals surface area contributed by atoms with Gasteiger partial charge in [-0.25, -0.2) is 0 Å². The van der Waals surface area contributed by atoms with Gasteiger partial charge in [-0.05, 0) is 30.4 Å². The summed E-state index contributed by atoms with van der Waals surface area (Å²) in [5.41, 5.74) is 5.43. The maximum atomic E-state index is 9.67. The van der Waals surface area contributed by atoms with Gasteiger partial charge >= 0.3 is 0 Å². The van der Waals surface area contributed by atoms with Crippen molar-refractivity contribution < 1.29 is 14.6 Å². The summed E-state index contributed by atoms with van der Waals surface area (Å²) < 4.78 is 11.4. The van der Waals surface area contributed by atoms with E-state index in [2.05, 4.69) is 6.92 Å². The van der Waals surface area contributed by atoms with E-state index < -0.39 is 6.10 Å². The molecule has 2 unspecified atom stereocenters. The lowest BCUT2D eigenvalue weighted by molar-refractivity contribution is -0.00545. The van der Waals surface area contributed by atoms with Crippen molar-refractivity contribution in [1.29, 1.82) is 0 Å². The minimum Gasteiger partial charge on any atom is -0.486 e. The monoisotopic (exact) mass is 283 g/mol. The third-order valence-electron chi connectivity index (χ3n) is 3.03. The maximum Gasteiger partial charge on any atom is 0.162 e. The molecule has 2 rings (SSSR count). The van der Waals surface area contributed by atoms with Gasteiger partial charge in [-0.15, -0.1) is 11.8 Å². The molecule has 5 heteroatoms. The van der Waals surface area contributed by atoms with Crippen LogP contribution in [-0.2, 0) is 0 Å². The highest BCUT2D eigenvalue weighted by Crippen LogP contribution is 2.36. The van der Waals surface area contributed by atoms with Crippen molar-refractivity contribution in [2.45, 2.75) is 36.9 Å². The Morgan fingerprint density at radius 3 is 3.05 bits per heavy atom. The van der Waals surface area contributed by atoms with Crippen molar-refractivity contribution in [3.8, 4) is 11.5 Å². The molecule has 0 spiro atoms. The van der Waals surface area contributed by atoms with Gasteiger partial charge in [0.15, 0.2) is 17.6 Å². The molecule has 0 fully saturated rings. The first-order valence-electron chi connectivity index (χ1n) is 6.69. The molecule has 0 aromatic heterocycles. The van der Waals surface area contributed by atoms with Gasteiger partial charge in [-0.3, -0.25) is 0 Å². The van der Waals surface area contributed by atoms with E-state index in [1.54, 1.807) is 0 Å². The van der Waals surface area contributed by atoms with Crippen LogP contribution in [0.3, 0.4) is 0 Å². The molecule has 2 atom stereocenters. The molecule has 3 N–H and O–H groups in total. The van der Waals surface area contributed by atoms with Crippen LogP contribution in [0.1, 0.15) is 19.8 Å². The van der Waals surface area contributed by atoms with Crippen LogP contribution in [-0.4, -0.2) is 36.2 Å². The van der Waals surface area contributed by atoms with Crippen LogP contribution in [0, 0.1) is 0 Å². The van der Waals surface area contributed by atoms with Crippen LogP contribution < -0.4 is 15.2 Å². The summed E-state index contributed by atoms with van der Waals surface area (Å²) in [6.07, 6.45) is 1.35. The lowest BCUT2D eigenvalue weighted by atomic mass is 10.2. The second-order valence-electron chi connectivity index (χ2n) is 4.58. The summed E-state index contributed by atoms with van der Waals surface area (Å²) in [5, 5.41) is 9.67. The van der Waals surface area contributed by atoms with Crippen molar-refractivity contribution in [2.75, 3.05) is 18.9 Å². The minimum atomic E-state index is -0.688. The first-order chi connectivity index (χ1) is 9.24. The molecule has 0 amide bonds. The Hall–Kier alpha value is -0.910. The molecule has 106 valence electrons. The first-order valence-corrected chi connectivity index (χ1v) is 7.67. The molecule has 0 saturated carbocycles. The number of hydrogen-bond acceptors (Lipinski definition) is 5. The van der Waals surface area contributed by atoms with E-state index in [9.17, 15) is 5.11 Å². The molecule has 0 bridgehead atoms. The molecular weight excluding hydrogens is 262 g/mol. The molecule has 1 aliphatic heterocycles. The highest BCUT2D eigenvalue weighted by molar-refractivity contribution is 7.99. The van der Waals surface area contributed by atoms with E-state index in [1.807, 2.05) is 30.0 Å². The van der Waals surface area contributed by atoms with Gasteiger partial charge in [0.1, 0.15) is 12.7 Å². The number of unbranched alkanes of at least 4 members (excludes halogenated alkanes) is 1. The Kier molecular flexibility index (Phi) is 5.36. The highest BCUT2D eigenvalue weighted by Gasteiger charge is 2.26. The standard InChI is InChI=1S/C14H21NO3S/c1-2-3-6-19-10-4-5-12-13(7-10)17-9-14(18-12)11(16)8-15/h4-5,7,11,14,16H,2-3,6,8-9,15H2,1H3. The zero-order valence-corrected chi connectivity index (χ0v) is 12.0. The summed E-state index contributed by atoms with van der Waals surface area (Å²) in [7, 11) is 0. The van der Waals surface area contributed by atoms with Crippen molar-refractivity contribution in [1.82, 2.24) is 0 Å². The first kappa shape index (κ1) is 14.5. The van der Waals surface area contributed by atoms with Crippen LogP contribution in [0.5, 0.6) is 11.5 Å². The predicted molar refractivity (Wildman–Crippen MR) is 77.0 cm³/mol. The summed E-state index contributed by atoms with van der Waals surface area (Å²) in [6, 6.07) is 5.93. The van der Waals surface area contributed by atoms with Crippen LogP contribution in [0.4, 0.5) is 0 Å². The number of aliphatic hydroxyl groups excluding tert-OH is 1. The fraction of sp³-hybridized carbons (Fsp3) is 0.571. The average Bonchev–Trinajstić information content (AvgIpc) is 2.46. The average molecular weight is 283 g/mol. The molecule has 1 aliphatic rings. The number of fused-ring (bicyclic) bond motifs is 1. The smallest absolute Gasteiger partial charge is 0.162 e. The van der Waals surface area contributed by atoms with E-state index >= 15 is 0 Å². The fourth-order valence-corrected chi connectivity index (χ4v) is 2.86. The molecule has 19 heavy (non-hydrogen) atoms. The van der Waals surface area contributed by atoms with Crippen molar-refractivity contribution in [2.24, 2.45) is 5.73 Å². The highest BCUT2D eigenvalue weighted by atomic mass is 32.2. The van der Waals surface area contributed by atoms with Crippen molar-refractivity contribution in [3.05, 3.63) is 18.2 Å². The lowest BCUT2D eigenvalue weighted by Crippen LogP contribution is -2.43. The van der Waals surface area contributed by atoms with Gasteiger partial charge < -0.3 is 20.3 Å².